The Bertz CT molecular complexity index is 351. The standard InChI is InChI=1S/C12H17ClN2/c1-15-10(7-8-14)6-5-9-3-2-4-11(13)12(9)15/h2-4,10H,5-8,14H2,1H3. The molecule has 82 valence electrons. The zero-order valence-electron chi connectivity index (χ0n) is 9.04. The van der Waals surface area contributed by atoms with Crippen LogP contribution >= 0.6 is 11.6 Å². The molecule has 1 aliphatic heterocycles. The number of hydrogen-bond acceptors (Lipinski definition) is 2. The highest BCUT2D eigenvalue weighted by atomic mass is 35.5. The van der Waals surface area contributed by atoms with Gasteiger partial charge in [-0.3, -0.25) is 0 Å². The van der Waals surface area contributed by atoms with E-state index in [1.165, 1.54) is 17.7 Å². The van der Waals surface area contributed by atoms with Crippen LogP contribution in [0.15, 0.2) is 18.2 Å². The first-order chi connectivity index (χ1) is 7.24. The molecule has 0 fully saturated rings. The second kappa shape index (κ2) is 4.42. The molecular formula is C12H17ClN2. The molecule has 0 spiro atoms. The smallest absolute Gasteiger partial charge is 0.0642 e. The lowest BCUT2D eigenvalue weighted by Gasteiger charge is -2.36. The van der Waals surface area contributed by atoms with Crippen LogP contribution in [0.2, 0.25) is 5.02 Å². The Morgan fingerprint density at radius 3 is 3.07 bits per heavy atom. The number of anilines is 1. The summed E-state index contributed by atoms with van der Waals surface area (Å²) >= 11 is 6.23. The topological polar surface area (TPSA) is 29.3 Å². The van der Waals surface area contributed by atoms with Gasteiger partial charge in [0.2, 0.25) is 0 Å². The van der Waals surface area contributed by atoms with E-state index in [9.17, 15) is 0 Å². The predicted octanol–water partition coefficient (Wildman–Crippen LogP) is 2.44. The van der Waals surface area contributed by atoms with E-state index >= 15 is 0 Å². The maximum Gasteiger partial charge on any atom is 0.0642 e. The van der Waals surface area contributed by atoms with Crippen LogP contribution in [-0.4, -0.2) is 19.6 Å². The summed E-state index contributed by atoms with van der Waals surface area (Å²) < 4.78 is 0. The van der Waals surface area contributed by atoms with Gasteiger partial charge in [-0.2, -0.15) is 0 Å². The van der Waals surface area contributed by atoms with E-state index in [0.717, 1.165) is 24.4 Å². The van der Waals surface area contributed by atoms with Crippen molar-refractivity contribution in [3.63, 3.8) is 0 Å². The Labute approximate surface area is 96.0 Å². The fourth-order valence-corrected chi connectivity index (χ4v) is 2.71. The third kappa shape index (κ3) is 1.97. The molecule has 3 heteroatoms. The van der Waals surface area contributed by atoms with Gasteiger partial charge >= 0.3 is 0 Å². The van der Waals surface area contributed by atoms with Crippen LogP contribution < -0.4 is 10.6 Å². The van der Waals surface area contributed by atoms with Gasteiger partial charge in [-0.15, -0.1) is 0 Å². The highest BCUT2D eigenvalue weighted by Crippen LogP contribution is 2.36. The van der Waals surface area contributed by atoms with Crippen LogP contribution in [0.25, 0.3) is 0 Å². The summed E-state index contributed by atoms with van der Waals surface area (Å²) in [5.41, 5.74) is 8.18. The Kier molecular flexibility index (Phi) is 3.17. The summed E-state index contributed by atoms with van der Waals surface area (Å²) in [5, 5.41) is 0.858. The monoisotopic (exact) mass is 224 g/mol. The van der Waals surface area contributed by atoms with Crippen molar-refractivity contribution in [2.75, 3.05) is 18.5 Å². The van der Waals surface area contributed by atoms with Gasteiger partial charge in [-0.1, -0.05) is 23.7 Å². The zero-order valence-corrected chi connectivity index (χ0v) is 9.80. The van der Waals surface area contributed by atoms with Crippen molar-refractivity contribution in [3.05, 3.63) is 28.8 Å². The molecule has 1 unspecified atom stereocenters. The Morgan fingerprint density at radius 1 is 1.53 bits per heavy atom. The summed E-state index contributed by atoms with van der Waals surface area (Å²) in [6.45, 7) is 0.745. The molecule has 0 aromatic heterocycles. The lowest BCUT2D eigenvalue weighted by atomic mass is 9.94. The number of aryl methyl sites for hydroxylation is 1. The fraction of sp³-hybridized carbons (Fsp3) is 0.500. The highest BCUT2D eigenvalue weighted by molar-refractivity contribution is 6.33. The fourth-order valence-electron chi connectivity index (χ4n) is 2.39. The van der Waals surface area contributed by atoms with Crippen molar-refractivity contribution in [1.82, 2.24) is 0 Å². The average molecular weight is 225 g/mol. The molecule has 1 aromatic carbocycles. The number of fused-ring (bicyclic) bond motifs is 1. The van der Waals surface area contributed by atoms with E-state index in [2.05, 4.69) is 18.0 Å². The maximum atomic E-state index is 6.23. The first-order valence-corrected chi connectivity index (χ1v) is 5.82. The molecule has 0 radical (unpaired) electrons. The molecule has 1 heterocycles. The zero-order chi connectivity index (χ0) is 10.8. The third-order valence-corrected chi connectivity index (χ3v) is 3.52. The van der Waals surface area contributed by atoms with Crippen LogP contribution in [0.4, 0.5) is 5.69 Å². The van der Waals surface area contributed by atoms with Gasteiger partial charge in [0.15, 0.2) is 0 Å². The highest BCUT2D eigenvalue weighted by Gasteiger charge is 2.24. The molecule has 0 aliphatic carbocycles. The molecular weight excluding hydrogens is 208 g/mol. The molecule has 1 atom stereocenters. The number of rotatable bonds is 2. The molecule has 2 rings (SSSR count). The van der Waals surface area contributed by atoms with Gasteiger partial charge in [0, 0.05) is 13.1 Å². The van der Waals surface area contributed by atoms with Crippen LogP contribution in [0.3, 0.4) is 0 Å². The van der Waals surface area contributed by atoms with Gasteiger partial charge in [-0.25, -0.2) is 0 Å². The maximum absolute atomic E-state index is 6.23. The van der Waals surface area contributed by atoms with E-state index in [-0.39, 0.29) is 0 Å². The van der Waals surface area contributed by atoms with Gasteiger partial charge < -0.3 is 10.6 Å². The number of nitrogens with zero attached hydrogens (tertiary/aromatic N) is 1. The Morgan fingerprint density at radius 2 is 2.33 bits per heavy atom. The second-order valence-corrected chi connectivity index (χ2v) is 4.54. The van der Waals surface area contributed by atoms with Crippen molar-refractivity contribution in [3.8, 4) is 0 Å². The first-order valence-electron chi connectivity index (χ1n) is 5.44. The van der Waals surface area contributed by atoms with Crippen molar-refractivity contribution in [2.45, 2.75) is 25.3 Å². The molecule has 0 saturated heterocycles. The Hall–Kier alpha value is -0.730. The summed E-state index contributed by atoms with van der Waals surface area (Å²) in [6, 6.07) is 6.69. The van der Waals surface area contributed by atoms with Crippen molar-refractivity contribution < 1.29 is 0 Å². The van der Waals surface area contributed by atoms with E-state index in [0.29, 0.717) is 6.04 Å². The summed E-state index contributed by atoms with van der Waals surface area (Å²) in [5.74, 6) is 0. The molecule has 15 heavy (non-hydrogen) atoms. The van der Waals surface area contributed by atoms with Gasteiger partial charge in [0.1, 0.15) is 0 Å². The number of para-hydroxylation sites is 1. The SMILES string of the molecule is CN1c2c(Cl)cccc2CCC1CCN. The van der Waals surface area contributed by atoms with Crippen LogP contribution in [0.5, 0.6) is 0 Å². The minimum absolute atomic E-state index is 0.544. The molecule has 1 aromatic rings. The summed E-state index contributed by atoms with van der Waals surface area (Å²) in [6.07, 6.45) is 3.34. The van der Waals surface area contributed by atoms with Crippen LogP contribution in [0, 0.1) is 0 Å². The normalized spacial score (nSPS) is 20.2. The molecule has 2 nitrogen and oxygen atoms in total. The molecule has 0 bridgehead atoms. The van der Waals surface area contributed by atoms with E-state index in [4.69, 9.17) is 17.3 Å². The van der Waals surface area contributed by atoms with Crippen molar-refractivity contribution in [2.24, 2.45) is 5.73 Å². The van der Waals surface area contributed by atoms with Gasteiger partial charge in [0.05, 0.1) is 10.7 Å². The second-order valence-electron chi connectivity index (χ2n) is 4.13. The van der Waals surface area contributed by atoms with Crippen LogP contribution in [-0.2, 0) is 6.42 Å². The average Bonchev–Trinajstić information content (AvgIpc) is 2.22. The Balaban J connectivity index is 2.32. The number of hydrogen-bond donors (Lipinski definition) is 1. The summed E-state index contributed by atoms with van der Waals surface area (Å²) in [7, 11) is 2.12. The van der Waals surface area contributed by atoms with Gasteiger partial charge in [-0.05, 0) is 37.4 Å². The molecule has 2 N–H and O–H groups in total. The molecule has 0 saturated carbocycles. The molecule has 1 aliphatic rings. The quantitative estimate of drug-likeness (QED) is 0.836. The summed E-state index contributed by atoms with van der Waals surface area (Å²) in [4.78, 5) is 2.29. The third-order valence-electron chi connectivity index (χ3n) is 3.22. The number of halogens is 1. The predicted molar refractivity (Wildman–Crippen MR) is 65.6 cm³/mol. The van der Waals surface area contributed by atoms with Crippen molar-refractivity contribution in [1.29, 1.82) is 0 Å². The minimum atomic E-state index is 0.544. The lowest BCUT2D eigenvalue weighted by molar-refractivity contribution is 0.527. The first kappa shape index (κ1) is 10.8. The van der Waals surface area contributed by atoms with Gasteiger partial charge in [0.25, 0.3) is 0 Å². The minimum Gasteiger partial charge on any atom is -0.370 e. The van der Waals surface area contributed by atoms with E-state index in [1.807, 2.05) is 12.1 Å². The van der Waals surface area contributed by atoms with E-state index in [1.54, 1.807) is 0 Å². The number of benzene rings is 1. The number of nitrogens with two attached hydrogens (primary N) is 1. The lowest BCUT2D eigenvalue weighted by Crippen LogP contribution is -2.37. The molecule has 0 amide bonds. The largest absolute Gasteiger partial charge is 0.370 e. The van der Waals surface area contributed by atoms with Crippen molar-refractivity contribution >= 4 is 17.3 Å². The van der Waals surface area contributed by atoms with Crippen LogP contribution in [0.1, 0.15) is 18.4 Å². The van der Waals surface area contributed by atoms with E-state index < -0.39 is 0 Å².